The van der Waals surface area contributed by atoms with E-state index in [0.29, 0.717) is 5.41 Å². The summed E-state index contributed by atoms with van der Waals surface area (Å²) in [5.41, 5.74) is 1.68. The van der Waals surface area contributed by atoms with Gasteiger partial charge in [-0.3, -0.25) is 0 Å². The summed E-state index contributed by atoms with van der Waals surface area (Å²) in [6.45, 7) is 5.08. The summed E-state index contributed by atoms with van der Waals surface area (Å²) < 4.78 is 0. The number of anilines is 1. The van der Waals surface area contributed by atoms with Crippen LogP contribution < -0.4 is 5.32 Å². The number of hydrogen-bond acceptors (Lipinski definition) is 3. The van der Waals surface area contributed by atoms with E-state index in [4.69, 9.17) is 0 Å². The molecular formula is C13H19N3. The van der Waals surface area contributed by atoms with E-state index in [9.17, 15) is 0 Å². The normalized spacial score (nSPS) is 21.9. The molecule has 0 aliphatic heterocycles. The van der Waals surface area contributed by atoms with Crippen LogP contribution in [0.3, 0.4) is 0 Å². The van der Waals surface area contributed by atoms with Crippen LogP contribution in [0.25, 0.3) is 0 Å². The largest absolute Gasteiger partial charge is 0.369 e. The smallest absolute Gasteiger partial charge is 0.129 e. The summed E-state index contributed by atoms with van der Waals surface area (Å²) in [4.78, 5) is 8.71. The van der Waals surface area contributed by atoms with E-state index in [0.717, 1.165) is 29.8 Å². The molecule has 3 heteroatoms. The molecule has 3 rings (SSSR count). The molecule has 0 bridgehead atoms. The standard InChI is InChI=1S/C13H19N3/c1-9-7-12(16-10(2)15-9)14-8-13(5-6-13)11-3-4-11/h7,11H,3-6,8H2,1-2H3,(H,14,15,16). The number of nitrogens with zero attached hydrogens (tertiary/aromatic N) is 2. The van der Waals surface area contributed by atoms with Gasteiger partial charge < -0.3 is 5.32 Å². The molecule has 2 fully saturated rings. The third-order valence-electron chi connectivity index (χ3n) is 3.92. The topological polar surface area (TPSA) is 37.8 Å². The van der Waals surface area contributed by atoms with Gasteiger partial charge in [-0.1, -0.05) is 0 Å². The molecule has 0 aromatic carbocycles. The molecule has 0 saturated heterocycles. The maximum absolute atomic E-state index is 4.42. The van der Waals surface area contributed by atoms with Crippen molar-refractivity contribution >= 4 is 5.82 Å². The zero-order valence-electron chi connectivity index (χ0n) is 10.1. The molecule has 0 radical (unpaired) electrons. The Morgan fingerprint density at radius 1 is 1.31 bits per heavy atom. The van der Waals surface area contributed by atoms with Gasteiger partial charge in [0.1, 0.15) is 11.6 Å². The molecule has 0 spiro atoms. The minimum Gasteiger partial charge on any atom is -0.369 e. The van der Waals surface area contributed by atoms with Crippen LogP contribution in [0.15, 0.2) is 6.07 Å². The number of rotatable bonds is 4. The van der Waals surface area contributed by atoms with Gasteiger partial charge in [-0.2, -0.15) is 0 Å². The van der Waals surface area contributed by atoms with Crippen molar-refractivity contribution in [2.24, 2.45) is 11.3 Å². The van der Waals surface area contributed by atoms with E-state index >= 15 is 0 Å². The number of nitrogens with one attached hydrogen (secondary N) is 1. The molecule has 16 heavy (non-hydrogen) atoms. The second kappa shape index (κ2) is 3.44. The average molecular weight is 217 g/mol. The van der Waals surface area contributed by atoms with E-state index in [1.54, 1.807) is 0 Å². The summed E-state index contributed by atoms with van der Waals surface area (Å²) in [6.07, 6.45) is 5.72. The Hall–Kier alpha value is -1.12. The fourth-order valence-corrected chi connectivity index (χ4v) is 2.66. The molecule has 2 aliphatic carbocycles. The lowest BCUT2D eigenvalue weighted by atomic mass is 10.0. The Morgan fingerprint density at radius 3 is 2.62 bits per heavy atom. The first kappa shape index (κ1) is 10.1. The SMILES string of the molecule is Cc1cc(NCC2(C3CC3)CC2)nc(C)n1. The Bertz CT molecular complexity index is 385. The van der Waals surface area contributed by atoms with Crippen molar-refractivity contribution in [1.29, 1.82) is 0 Å². The molecule has 1 aromatic heterocycles. The third kappa shape index (κ3) is 1.91. The first-order valence-electron chi connectivity index (χ1n) is 6.24. The van der Waals surface area contributed by atoms with Crippen molar-refractivity contribution in [3.8, 4) is 0 Å². The average Bonchev–Trinajstić information content (AvgIpc) is 3.07. The van der Waals surface area contributed by atoms with Crippen LogP contribution in [0.4, 0.5) is 5.82 Å². The van der Waals surface area contributed by atoms with Crippen LogP contribution in [0, 0.1) is 25.2 Å². The van der Waals surface area contributed by atoms with E-state index in [2.05, 4.69) is 15.3 Å². The van der Waals surface area contributed by atoms with Crippen LogP contribution in [0.1, 0.15) is 37.2 Å². The first-order chi connectivity index (χ1) is 7.68. The van der Waals surface area contributed by atoms with E-state index in [1.807, 2.05) is 19.9 Å². The third-order valence-corrected chi connectivity index (χ3v) is 3.92. The van der Waals surface area contributed by atoms with Gasteiger partial charge in [-0.05, 0) is 50.9 Å². The van der Waals surface area contributed by atoms with E-state index < -0.39 is 0 Å². The fourth-order valence-electron chi connectivity index (χ4n) is 2.66. The molecule has 0 unspecified atom stereocenters. The summed E-state index contributed by atoms with van der Waals surface area (Å²) in [5.74, 6) is 2.86. The van der Waals surface area contributed by atoms with Crippen molar-refractivity contribution in [2.45, 2.75) is 39.5 Å². The minimum atomic E-state index is 0.632. The van der Waals surface area contributed by atoms with Crippen molar-refractivity contribution < 1.29 is 0 Å². The quantitative estimate of drug-likeness (QED) is 0.842. The number of aryl methyl sites for hydroxylation is 2. The lowest BCUT2D eigenvalue weighted by Crippen LogP contribution is -2.18. The van der Waals surface area contributed by atoms with Crippen molar-refractivity contribution in [3.05, 3.63) is 17.6 Å². The van der Waals surface area contributed by atoms with Crippen molar-refractivity contribution in [1.82, 2.24) is 9.97 Å². The number of aromatic nitrogens is 2. The van der Waals surface area contributed by atoms with Gasteiger partial charge in [0.2, 0.25) is 0 Å². The lowest BCUT2D eigenvalue weighted by Gasteiger charge is -2.15. The Kier molecular flexibility index (Phi) is 2.16. The van der Waals surface area contributed by atoms with E-state index in [1.165, 1.54) is 25.7 Å². The maximum Gasteiger partial charge on any atom is 0.129 e. The van der Waals surface area contributed by atoms with Crippen LogP contribution in [0.5, 0.6) is 0 Å². The van der Waals surface area contributed by atoms with Gasteiger partial charge in [-0.25, -0.2) is 9.97 Å². The molecular weight excluding hydrogens is 198 g/mol. The van der Waals surface area contributed by atoms with Crippen LogP contribution in [0.2, 0.25) is 0 Å². The molecule has 0 atom stereocenters. The summed E-state index contributed by atoms with van der Waals surface area (Å²) in [6, 6.07) is 2.04. The van der Waals surface area contributed by atoms with Gasteiger partial charge in [0, 0.05) is 18.3 Å². The second-order valence-corrected chi connectivity index (χ2v) is 5.43. The van der Waals surface area contributed by atoms with Crippen LogP contribution >= 0.6 is 0 Å². The monoisotopic (exact) mass is 217 g/mol. The highest BCUT2D eigenvalue weighted by atomic mass is 15.0. The molecule has 2 aliphatic rings. The Balaban J connectivity index is 1.65. The van der Waals surface area contributed by atoms with Gasteiger partial charge >= 0.3 is 0 Å². The molecule has 3 nitrogen and oxygen atoms in total. The maximum atomic E-state index is 4.42. The predicted octanol–water partition coefficient (Wildman–Crippen LogP) is 2.70. The van der Waals surface area contributed by atoms with Crippen LogP contribution in [-0.2, 0) is 0 Å². The van der Waals surface area contributed by atoms with Gasteiger partial charge in [-0.15, -0.1) is 0 Å². The number of hydrogen-bond donors (Lipinski definition) is 1. The highest BCUT2D eigenvalue weighted by Crippen LogP contribution is 2.61. The van der Waals surface area contributed by atoms with Crippen LogP contribution in [-0.4, -0.2) is 16.5 Å². The summed E-state index contributed by atoms with van der Waals surface area (Å²) >= 11 is 0. The summed E-state index contributed by atoms with van der Waals surface area (Å²) in [5, 5.41) is 3.50. The molecule has 86 valence electrons. The Labute approximate surface area is 96.7 Å². The van der Waals surface area contributed by atoms with Crippen molar-refractivity contribution in [2.75, 3.05) is 11.9 Å². The first-order valence-corrected chi connectivity index (χ1v) is 6.24. The lowest BCUT2D eigenvalue weighted by molar-refractivity contribution is 0.466. The van der Waals surface area contributed by atoms with E-state index in [-0.39, 0.29) is 0 Å². The predicted molar refractivity (Wildman–Crippen MR) is 64.4 cm³/mol. The van der Waals surface area contributed by atoms with Gasteiger partial charge in [0.25, 0.3) is 0 Å². The summed E-state index contributed by atoms with van der Waals surface area (Å²) in [7, 11) is 0. The molecule has 1 heterocycles. The minimum absolute atomic E-state index is 0.632. The fraction of sp³-hybridized carbons (Fsp3) is 0.692. The second-order valence-electron chi connectivity index (χ2n) is 5.43. The molecule has 1 aromatic rings. The highest BCUT2D eigenvalue weighted by Gasteiger charge is 2.53. The van der Waals surface area contributed by atoms with Gasteiger partial charge in [0.05, 0.1) is 0 Å². The van der Waals surface area contributed by atoms with Gasteiger partial charge in [0.15, 0.2) is 0 Å². The zero-order chi connectivity index (χ0) is 11.2. The molecule has 0 amide bonds. The highest BCUT2D eigenvalue weighted by molar-refractivity contribution is 5.36. The molecule has 1 N–H and O–H groups in total. The Morgan fingerprint density at radius 2 is 2.06 bits per heavy atom. The zero-order valence-corrected chi connectivity index (χ0v) is 10.1. The van der Waals surface area contributed by atoms with Crippen molar-refractivity contribution in [3.63, 3.8) is 0 Å². The molecule has 2 saturated carbocycles.